The zero-order valence-electron chi connectivity index (χ0n) is 14.6. The molecule has 3 rings (SSSR count). The smallest absolute Gasteiger partial charge is 0.264 e. The van der Waals surface area contributed by atoms with Crippen LogP contribution in [-0.2, 0) is 0 Å². The van der Waals surface area contributed by atoms with Gasteiger partial charge in [-0.2, -0.15) is 5.10 Å². The first-order valence-corrected chi connectivity index (χ1v) is 8.78. The van der Waals surface area contributed by atoms with Crippen LogP contribution in [0.3, 0.4) is 0 Å². The number of rotatable bonds is 5. The van der Waals surface area contributed by atoms with Crippen LogP contribution >= 0.6 is 12.2 Å². The van der Waals surface area contributed by atoms with E-state index in [1.807, 2.05) is 56.3 Å². The SMILES string of the molecule is CCC(C)n1c(O)c(/C=N/Nc2cccc3ccccc23)c(=O)[nH]c1=S. The molecule has 0 amide bonds. The zero-order chi connectivity index (χ0) is 18.7. The van der Waals surface area contributed by atoms with Crippen LogP contribution in [0, 0.1) is 4.77 Å². The van der Waals surface area contributed by atoms with Crippen LogP contribution in [0.4, 0.5) is 5.69 Å². The monoisotopic (exact) mass is 368 g/mol. The lowest BCUT2D eigenvalue weighted by atomic mass is 10.1. The van der Waals surface area contributed by atoms with E-state index in [0.29, 0.717) is 0 Å². The molecular weight excluding hydrogens is 348 g/mol. The van der Waals surface area contributed by atoms with Gasteiger partial charge in [-0.25, -0.2) is 0 Å². The Hall–Kier alpha value is -2.93. The van der Waals surface area contributed by atoms with Gasteiger partial charge in [0, 0.05) is 11.4 Å². The van der Waals surface area contributed by atoms with Gasteiger partial charge in [0.2, 0.25) is 5.88 Å². The van der Waals surface area contributed by atoms with Crippen molar-refractivity contribution in [1.29, 1.82) is 0 Å². The van der Waals surface area contributed by atoms with Gasteiger partial charge in [0.1, 0.15) is 5.56 Å². The van der Waals surface area contributed by atoms with Gasteiger partial charge < -0.3 is 5.11 Å². The molecule has 0 saturated carbocycles. The van der Waals surface area contributed by atoms with Gasteiger partial charge in [0.15, 0.2) is 4.77 Å². The van der Waals surface area contributed by atoms with E-state index in [9.17, 15) is 9.90 Å². The fourth-order valence-electron chi connectivity index (χ4n) is 2.75. The summed E-state index contributed by atoms with van der Waals surface area (Å²) in [5.74, 6) is -0.184. The van der Waals surface area contributed by atoms with Crippen LogP contribution < -0.4 is 11.0 Å². The highest BCUT2D eigenvalue weighted by Crippen LogP contribution is 2.23. The molecule has 0 spiro atoms. The first-order valence-electron chi connectivity index (χ1n) is 8.37. The maximum absolute atomic E-state index is 12.2. The molecule has 0 aliphatic carbocycles. The van der Waals surface area contributed by atoms with Crippen molar-refractivity contribution in [2.24, 2.45) is 5.10 Å². The average molecular weight is 368 g/mol. The van der Waals surface area contributed by atoms with Gasteiger partial charge >= 0.3 is 0 Å². The first-order chi connectivity index (χ1) is 12.5. The number of nitrogens with zero attached hydrogens (tertiary/aromatic N) is 2. The van der Waals surface area contributed by atoms with E-state index < -0.39 is 5.56 Å². The molecule has 0 fully saturated rings. The standard InChI is InChI=1S/C19H20N4O2S/c1-3-12(2)23-18(25)15(17(24)21-19(23)26)11-20-22-16-10-6-8-13-7-4-5-9-14(13)16/h4-12,22,25H,3H2,1-2H3,(H,21,24,26)/b20-11+. The fraction of sp³-hybridized carbons (Fsp3) is 0.211. The molecule has 0 radical (unpaired) electrons. The third-order valence-corrected chi connectivity index (χ3v) is 4.65. The predicted molar refractivity (Wildman–Crippen MR) is 108 cm³/mol. The van der Waals surface area contributed by atoms with E-state index in [4.69, 9.17) is 12.2 Å². The number of aromatic nitrogens is 2. The summed E-state index contributed by atoms with van der Waals surface area (Å²) in [6.45, 7) is 3.90. The second kappa shape index (κ2) is 7.53. The topological polar surface area (TPSA) is 82.4 Å². The Labute approximate surface area is 155 Å². The Morgan fingerprint density at radius 3 is 2.81 bits per heavy atom. The lowest BCUT2D eigenvalue weighted by Crippen LogP contribution is -2.20. The van der Waals surface area contributed by atoms with Crippen molar-refractivity contribution < 1.29 is 5.11 Å². The number of hydrazone groups is 1. The number of hydrogen-bond acceptors (Lipinski definition) is 5. The molecule has 0 aliphatic rings. The largest absolute Gasteiger partial charge is 0.494 e. The highest BCUT2D eigenvalue weighted by atomic mass is 32.1. The summed E-state index contributed by atoms with van der Waals surface area (Å²) in [6, 6.07) is 13.7. The lowest BCUT2D eigenvalue weighted by Gasteiger charge is -2.16. The third-order valence-electron chi connectivity index (χ3n) is 4.35. The molecule has 3 aromatic rings. The third kappa shape index (κ3) is 3.39. The summed E-state index contributed by atoms with van der Waals surface area (Å²) in [5.41, 5.74) is 3.33. The molecule has 2 aromatic carbocycles. The van der Waals surface area contributed by atoms with Gasteiger partial charge in [-0.1, -0.05) is 43.3 Å². The second-order valence-electron chi connectivity index (χ2n) is 6.02. The number of hydrogen-bond donors (Lipinski definition) is 3. The summed E-state index contributed by atoms with van der Waals surface area (Å²) in [6.07, 6.45) is 2.07. The summed E-state index contributed by atoms with van der Waals surface area (Å²) >= 11 is 5.16. The molecule has 1 aromatic heterocycles. The van der Waals surface area contributed by atoms with Crippen molar-refractivity contribution in [1.82, 2.24) is 9.55 Å². The molecule has 7 heteroatoms. The highest BCUT2D eigenvalue weighted by molar-refractivity contribution is 7.71. The molecule has 1 unspecified atom stereocenters. The average Bonchev–Trinajstić information content (AvgIpc) is 2.64. The van der Waals surface area contributed by atoms with E-state index in [0.717, 1.165) is 22.9 Å². The second-order valence-corrected chi connectivity index (χ2v) is 6.41. The molecular formula is C19H20N4O2S. The van der Waals surface area contributed by atoms with E-state index >= 15 is 0 Å². The Morgan fingerprint density at radius 2 is 2.04 bits per heavy atom. The minimum Gasteiger partial charge on any atom is -0.494 e. The Kier molecular flexibility index (Phi) is 5.18. The molecule has 134 valence electrons. The summed E-state index contributed by atoms with van der Waals surface area (Å²) in [4.78, 5) is 14.7. The summed E-state index contributed by atoms with van der Waals surface area (Å²) in [5, 5.41) is 16.7. The van der Waals surface area contributed by atoms with E-state index in [-0.39, 0.29) is 22.3 Å². The summed E-state index contributed by atoms with van der Waals surface area (Å²) in [7, 11) is 0. The minimum absolute atomic E-state index is 0.0440. The number of benzene rings is 2. The van der Waals surface area contributed by atoms with E-state index in [1.54, 1.807) is 0 Å². The van der Waals surface area contributed by atoms with Gasteiger partial charge in [0.25, 0.3) is 5.56 Å². The number of H-pyrrole nitrogens is 1. The van der Waals surface area contributed by atoms with Gasteiger partial charge in [-0.15, -0.1) is 0 Å². The Morgan fingerprint density at radius 1 is 1.31 bits per heavy atom. The van der Waals surface area contributed by atoms with Crippen molar-refractivity contribution in [3.63, 3.8) is 0 Å². The zero-order valence-corrected chi connectivity index (χ0v) is 15.4. The van der Waals surface area contributed by atoms with E-state index in [1.165, 1.54) is 10.8 Å². The van der Waals surface area contributed by atoms with Crippen LogP contribution in [0.1, 0.15) is 31.9 Å². The van der Waals surface area contributed by atoms with Crippen molar-refractivity contribution in [2.45, 2.75) is 26.3 Å². The van der Waals surface area contributed by atoms with E-state index in [2.05, 4.69) is 15.5 Å². The van der Waals surface area contributed by atoms with Crippen LogP contribution in [0.2, 0.25) is 0 Å². The number of fused-ring (bicyclic) bond motifs is 1. The van der Waals surface area contributed by atoms with Crippen LogP contribution in [0.5, 0.6) is 5.88 Å². The van der Waals surface area contributed by atoms with Gasteiger partial charge in [-0.05, 0) is 37.0 Å². The predicted octanol–water partition coefficient (Wildman–Crippen LogP) is 4.18. The molecule has 26 heavy (non-hydrogen) atoms. The molecule has 1 atom stereocenters. The number of anilines is 1. The fourth-order valence-corrected chi connectivity index (χ4v) is 3.11. The van der Waals surface area contributed by atoms with Crippen LogP contribution in [-0.4, -0.2) is 20.9 Å². The normalized spacial score (nSPS) is 12.5. The number of aromatic hydroxyl groups is 1. The van der Waals surface area contributed by atoms with Crippen molar-refractivity contribution in [3.05, 3.63) is 63.2 Å². The van der Waals surface area contributed by atoms with Gasteiger partial charge in [0.05, 0.1) is 11.9 Å². The van der Waals surface area contributed by atoms with Crippen LogP contribution in [0.15, 0.2) is 52.4 Å². The summed E-state index contributed by atoms with van der Waals surface area (Å²) < 4.78 is 1.72. The molecule has 0 saturated heterocycles. The number of nitrogens with one attached hydrogen (secondary N) is 2. The van der Waals surface area contributed by atoms with Crippen molar-refractivity contribution >= 4 is 34.9 Å². The van der Waals surface area contributed by atoms with Gasteiger partial charge in [-0.3, -0.25) is 19.8 Å². The molecule has 6 nitrogen and oxygen atoms in total. The molecule has 3 N–H and O–H groups in total. The minimum atomic E-state index is -0.476. The maximum atomic E-state index is 12.2. The maximum Gasteiger partial charge on any atom is 0.264 e. The first kappa shape index (κ1) is 17.9. The highest BCUT2D eigenvalue weighted by Gasteiger charge is 2.14. The van der Waals surface area contributed by atoms with Crippen molar-refractivity contribution in [3.8, 4) is 5.88 Å². The number of aromatic amines is 1. The van der Waals surface area contributed by atoms with Crippen LogP contribution in [0.25, 0.3) is 10.8 Å². The lowest BCUT2D eigenvalue weighted by molar-refractivity contribution is 0.371. The molecule has 1 heterocycles. The molecule has 0 bridgehead atoms. The van der Waals surface area contributed by atoms with Crippen molar-refractivity contribution in [2.75, 3.05) is 5.43 Å². The quantitative estimate of drug-likeness (QED) is 0.358. The Balaban J connectivity index is 1.96. The molecule has 0 aliphatic heterocycles. The Bertz CT molecular complexity index is 1080.